The number of amides is 2. The first-order valence-electron chi connectivity index (χ1n) is 10.9. The lowest BCUT2D eigenvalue weighted by atomic mass is 10.0. The molecule has 3 aromatic carbocycles. The van der Waals surface area contributed by atoms with Crippen molar-refractivity contribution in [3.63, 3.8) is 0 Å². The SMILES string of the molecule is COc1ccccc1NC(=O)N(Cc1ccccc1F)CC1CC(c2ccccc2OC)=NO1. The van der Waals surface area contributed by atoms with Crippen molar-refractivity contribution in [2.75, 3.05) is 26.1 Å². The minimum atomic E-state index is -0.401. The summed E-state index contributed by atoms with van der Waals surface area (Å²) >= 11 is 0. The summed E-state index contributed by atoms with van der Waals surface area (Å²) in [4.78, 5) is 20.4. The van der Waals surface area contributed by atoms with Gasteiger partial charge < -0.3 is 24.5 Å². The van der Waals surface area contributed by atoms with Gasteiger partial charge in [0.1, 0.15) is 17.3 Å². The summed E-state index contributed by atoms with van der Waals surface area (Å²) in [6.07, 6.45) is 0.0888. The van der Waals surface area contributed by atoms with Crippen molar-refractivity contribution in [3.8, 4) is 11.5 Å². The van der Waals surface area contributed by atoms with Crippen LogP contribution in [0.5, 0.6) is 11.5 Å². The van der Waals surface area contributed by atoms with E-state index in [1.54, 1.807) is 43.5 Å². The van der Waals surface area contributed by atoms with Gasteiger partial charge in [-0.25, -0.2) is 9.18 Å². The molecule has 0 saturated carbocycles. The lowest BCUT2D eigenvalue weighted by molar-refractivity contribution is 0.0606. The fourth-order valence-electron chi connectivity index (χ4n) is 3.81. The first-order chi connectivity index (χ1) is 16.6. The van der Waals surface area contributed by atoms with E-state index in [0.29, 0.717) is 29.2 Å². The number of hydrogen-bond donors (Lipinski definition) is 1. The Morgan fingerprint density at radius 1 is 1.03 bits per heavy atom. The molecule has 0 spiro atoms. The van der Waals surface area contributed by atoms with Gasteiger partial charge in [-0.1, -0.05) is 47.6 Å². The van der Waals surface area contributed by atoms with Crippen LogP contribution in [0.25, 0.3) is 0 Å². The highest BCUT2D eigenvalue weighted by molar-refractivity contribution is 6.03. The molecule has 1 aliphatic heterocycles. The number of carbonyl (C=O) groups is 1. The van der Waals surface area contributed by atoms with Crippen LogP contribution in [-0.4, -0.2) is 43.5 Å². The maximum atomic E-state index is 14.4. The summed E-state index contributed by atoms with van der Waals surface area (Å²) in [5, 5.41) is 7.09. The number of hydrogen-bond acceptors (Lipinski definition) is 5. The molecule has 0 bridgehead atoms. The zero-order valence-electron chi connectivity index (χ0n) is 19.0. The van der Waals surface area contributed by atoms with Crippen LogP contribution in [0, 0.1) is 5.82 Å². The van der Waals surface area contributed by atoms with E-state index in [-0.39, 0.29) is 18.9 Å². The molecule has 4 rings (SSSR count). The molecule has 0 aliphatic carbocycles. The Kier molecular flexibility index (Phi) is 7.27. The van der Waals surface area contributed by atoms with Crippen LogP contribution in [-0.2, 0) is 11.4 Å². The van der Waals surface area contributed by atoms with Crippen LogP contribution in [0.3, 0.4) is 0 Å². The normalized spacial score (nSPS) is 14.7. The second kappa shape index (κ2) is 10.7. The fraction of sp³-hybridized carbons (Fsp3) is 0.231. The second-order valence-electron chi connectivity index (χ2n) is 7.77. The summed E-state index contributed by atoms with van der Waals surface area (Å²) in [5.74, 6) is 0.846. The Labute approximate surface area is 197 Å². The van der Waals surface area contributed by atoms with E-state index in [1.807, 2.05) is 30.3 Å². The number of nitrogens with zero attached hydrogens (tertiary/aromatic N) is 2. The van der Waals surface area contributed by atoms with Gasteiger partial charge in [0, 0.05) is 17.5 Å². The van der Waals surface area contributed by atoms with Gasteiger partial charge >= 0.3 is 6.03 Å². The monoisotopic (exact) mass is 463 g/mol. The van der Waals surface area contributed by atoms with Gasteiger partial charge in [0.25, 0.3) is 0 Å². The zero-order chi connectivity index (χ0) is 23.9. The number of ether oxygens (including phenoxy) is 2. The minimum Gasteiger partial charge on any atom is -0.496 e. The highest BCUT2D eigenvalue weighted by atomic mass is 19.1. The van der Waals surface area contributed by atoms with Crippen molar-refractivity contribution in [2.24, 2.45) is 5.16 Å². The summed E-state index contributed by atoms with van der Waals surface area (Å²) < 4.78 is 25.2. The van der Waals surface area contributed by atoms with Gasteiger partial charge in [-0.05, 0) is 30.3 Å². The van der Waals surface area contributed by atoms with E-state index in [9.17, 15) is 9.18 Å². The minimum absolute atomic E-state index is 0.0670. The van der Waals surface area contributed by atoms with Crippen molar-refractivity contribution in [1.29, 1.82) is 0 Å². The molecule has 1 N–H and O–H groups in total. The van der Waals surface area contributed by atoms with Crippen molar-refractivity contribution in [1.82, 2.24) is 4.90 Å². The third kappa shape index (κ3) is 5.28. The predicted octanol–water partition coefficient (Wildman–Crippen LogP) is 5.07. The molecule has 7 nitrogen and oxygen atoms in total. The Bertz CT molecular complexity index is 1180. The van der Waals surface area contributed by atoms with Gasteiger partial charge in [0.15, 0.2) is 6.10 Å². The van der Waals surface area contributed by atoms with Crippen LogP contribution >= 0.6 is 0 Å². The molecule has 1 unspecified atom stereocenters. The smallest absolute Gasteiger partial charge is 0.322 e. The van der Waals surface area contributed by atoms with E-state index < -0.39 is 12.1 Å². The standard InChI is InChI=1S/C26H26FN3O4/c1-32-24-13-7-4-10-20(24)23-15-19(34-29-23)17-30(16-18-9-3-5-11-21(18)27)26(31)28-22-12-6-8-14-25(22)33-2/h3-14,19H,15-17H2,1-2H3,(H,28,31). The predicted molar refractivity (Wildman–Crippen MR) is 128 cm³/mol. The average molecular weight is 464 g/mol. The van der Waals surface area contributed by atoms with E-state index in [4.69, 9.17) is 14.3 Å². The van der Waals surface area contributed by atoms with Gasteiger partial charge in [-0.15, -0.1) is 0 Å². The molecule has 1 atom stereocenters. The van der Waals surface area contributed by atoms with E-state index in [2.05, 4.69) is 10.5 Å². The summed E-state index contributed by atoms with van der Waals surface area (Å²) in [6.45, 7) is 0.273. The number of rotatable bonds is 8. The number of anilines is 1. The molecule has 0 radical (unpaired) electrons. The number of carbonyl (C=O) groups excluding carboxylic acids is 1. The number of urea groups is 1. The summed E-state index contributed by atoms with van der Waals surface area (Å²) in [7, 11) is 3.14. The van der Waals surface area contributed by atoms with Gasteiger partial charge in [-0.2, -0.15) is 0 Å². The third-order valence-electron chi connectivity index (χ3n) is 5.53. The van der Waals surface area contributed by atoms with Gasteiger partial charge in [0.2, 0.25) is 0 Å². The Hall–Kier alpha value is -4.07. The molecular weight excluding hydrogens is 437 g/mol. The van der Waals surface area contributed by atoms with Crippen LogP contribution in [0.15, 0.2) is 78.0 Å². The molecule has 8 heteroatoms. The van der Waals surface area contributed by atoms with Gasteiger partial charge in [0.05, 0.1) is 38.7 Å². The van der Waals surface area contributed by atoms with Crippen molar-refractivity contribution < 1.29 is 23.5 Å². The first-order valence-corrected chi connectivity index (χ1v) is 10.9. The average Bonchev–Trinajstić information content (AvgIpc) is 3.33. The molecule has 2 amide bonds. The number of oxime groups is 1. The van der Waals surface area contributed by atoms with Crippen LogP contribution < -0.4 is 14.8 Å². The molecule has 1 heterocycles. The molecule has 1 aliphatic rings. The summed E-state index contributed by atoms with van der Waals surface area (Å²) in [5.41, 5.74) is 2.50. The van der Waals surface area contributed by atoms with Crippen molar-refractivity contribution >= 4 is 17.4 Å². The van der Waals surface area contributed by atoms with Crippen LogP contribution in [0.2, 0.25) is 0 Å². The lowest BCUT2D eigenvalue weighted by Crippen LogP contribution is -2.40. The van der Waals surface area contributed by atoms with Crippen LogP contribution in [0.4, 0.5) is 14.9 Å². The van der Waals surface area contributed by atoms with Crippen molar-refractivity contribution in [3.05, 3.63) is 89.7 Å². The number of halogens is 1. The molecule has 176 valence electrons. The van der Waals surface area contributed by atoms with Crippen molar-refractivity contribution in [2.45, 2.75) is 19.1 Å². The molecule has 0 saturated heterocycles. The number of nitrogens with one attached hydrogen (secondary N) is 1. The highest BCUT2D eigenvalue weighted by Gasteiger charge is 2.29. The zero-order valence-corrected chi connectivity index (χ0v) is 19.0. The number of methoxy groups -OCH3 is 2. The number of benzene rings is 3. The van der Waals surface area contributed by atoms with Gasteiger partial charge in [-0.3, -0.25) is 0 Å². The Morgan fingerprint density at radius 2 is 1.71 bits per heavy atom. The Balaban J connectivity index is 1.52. The maximum absolute atomic E-state index is 14.4. The summed E-state index contributed by atoms with van der Waals surface area (Å²) in [6, 6.07) is 20.7. The molecule has 3 aromatic rings. The number of para-hydroxylation sites is 3. The molecular formula is C26H26FN3O4. The molecule has 0 aromatic heterocycles. The van der Waals surface area contributed by atoms with E-state index in [1.165, 1.54) is 18.1 Å². The quantitative estimate of drug-likeness (QED) is 0.506. The maximum Gasteiger partial charge on any atom is 0.322 e. The third-order valence-corrected chi connectivity index (χ3v) is 5.53. The fourth-order valence-corrected chi connectivity index (χ4v) is 3.81. The van der Waals surface area contributed by atoms with E-state index in [0.717, 1.165) is 11.3 Å². The molecule has 34 heavy (non-hydrogen) atoms. The Morgan fingerprint density at radius 3 is 2.47 bits per heavy atom. The lowest BCUT2D eigenvalue weighted by Gasteiger charge is -2.26. The molecule has 0 fully saturated rings. The van der Waals surface area contributed by atoms with Crippen LogP contribution in [0.1, 0.15) is 17.5 Å². The first kappa shape index (κ1) is 23.1. The largest absolute Gasteiger partial charge is 0.496 e. The topological polar surface area (TPSA) is 72.4 Å². The van der Waals surface area contributed by atoms with E-state index >= 15 is 0 Å². The highest BCUT2D eigenvalue weighted by Crippen LogP contribution is 2.27. The second-order valence-corrected chi connectivity index (χ2v) is 7.77.